The van der Waals surface area contributed by atoms with Gasteiger partial charge in [0.05, 0.1) is 21.8 Å². The van der Waals surface area contributed by atoms with Crippen molar-refractivity contribution in [2.75, 3.05) is 11.6 Å². The summed E-state index contributed by atoms with van der Waals surface area (Å²) in [7, 11) is 0. The van der Waals surface area contributed by atoms with Crippen molar-refractivity contribution in [3.63, 3.8) is 0 Å². The van der Waals surface area contributed by atoms with Gasteiger partial charge in [-0.15, -0.1) is 0 Å². The monoisotopic (exact) mass is 310 g/mol. The molecule has 5 nitrogen and oxygen atoms in total. The highest BCUT2D eigenvalue weighted by Gasteiger charge is 2.18. The normalized spacial score (nSPS) is 13.8. The van der Waals surface area contributed by atoms with Gasteiger partial charge in [0.25, 0.3) is 0 Å². The number of hydrogen-bond acceptors (Lipinski definition) is 4. The van der Waals surface area contributed by atoms with Crippen LogP contribution in [0.4, 0.5) is 5.69 Å². The summed E-state index contributed by atoms with van der Waals surface area (Å²) in [6, 6.07) is 7.19. The van der Waals surface area contributed by atoms with Crippen molar-refractivity contribution < 1.29 is 4.79 Å². The van der Waals surface area contributed by atoms with E-state index in [0.717, 1.165) is 5.69 Å². The van der Waals surface area contributed by atoms with Crippen LogP contribution in [0.1, 0.15) is 19.3 Å². The molecule has 0 aliphatic carbocycles. The summed E-state index contributed by atoms with van der Waals surface area (Å²) in [5, 5.41) is 18.1. The highest BCUT2D eigenvalue weighted by molar-refractivity contribution is 6.42. The number of carbonyl (C=O) groups is 1. The third-order valence-electron chi connectivity index (χ3n) is 2.75. The van der Waals surface area contributed by atoms with Gasteiger partial charge in [0.1, 0.15) is 5.84 Å². The van der Waals surface area contributed by atoms with Gasteiger partial charge in [-0.1, -0.05) is 23.2 Å². The molecule has 1 aromatic rings. The van der Waals surface area contributed by atoms with Crippen molar-refractivity contribution in [2.24, 2.45) is 5.10 Å². The van der Waals surface area contributed by atoms with Crippen LogP contribution in [0.15, 0.2) is 23.3 Å². The van der Waals surface area contributed by atoms with Crippen molar-refractivity contribution in [2.45, 2.75) is 19.3 Å². The quantitative estimate of drug-likeness (QED) is 0.933. The number of amidine groups is 1. The van der Waals surface area contributed by atoms with Gasteiger partial charge in [-0.05, 0) is 18.2 Å². The first-order valence-corrected chi connectivity index (χ1v) is 6.82. The Morgan fingerprint density at radius 1 is 1.45 bits per heavy atom. The molecule has 0 aromatic heterocycles. The zero-order chi connectivity index (χ0) is 14.5. The van der Waals surface area contributed by atoms with Crippen LogP contribution in [0.5, 0.6) is 0 Å². The number of halogens is 2. The van der Waals surface area contributed by atoms with Crippen LogP contribution >= 0.6 is 23.2 Å². The van der Waals surface area contributed by atoms with Crippen molar-refractivity contribution in [3.05, 3.63) is 28.2 Å². The van der Waals surface area contributed by atoms with E-state index in [9.17, 15) is 4.79 Å². The number of hydrazone groups is 1. The molecule has 1 aliphatic rings. The number of benzene rings is 1. The molecular weight excluding hydrogens is 299 g/mol. The van der Waals surface area contributed by atoms with E-state index in [1.165, 1.54) is 0 Å². The number of rotatable bonds is 3. The molecule has 1 N–H and O–H groups in total. The van der Waals surface area contributed by atoms with Crippen LogP contribution in [-0.2, 0) is 4.79 Å². The lowest BCUT2D eigenvalue weighted by molar-refractivity contribution is -0.119. The lowest BCUT2D eigenvalue weighted by Gasteiger charge is -2.13. The van der Waals surface area contributed by atoms with E-state index in [1.54, 1.807) is 17.1 Å². The van der Waals surface area contributed by atoms with Crippen LogP contribution in [0.3, 0.4) is 0 Å². The molecule has 1 heterocycles. The second-order valence-corrected chi connectivity index (χ2v) is 5.04. The van der Waals surface area contributed by atoms with Crippen molar-refractivity contribution in [1.29, 1.82) is 5.26 Å². The fraction of sp³-hybridized carbons (Fsp3) is 0.308. The lowest BCUT2D eigenvalue weighted by Crippen LogP contribution is -2.28. The second-order valence-electron chi connectivity index (χ2n) is 4.22. The van der Waals surface area contributed by atoms with Gasteiger partial charge in [0, 0.05) is 25.8 Å². The predicted octanol–water partition coefficient (Wildman–Crippen LogP) is 2.94. The number of hydrogen-bond donors (Lipinski definition) is 1. The number of nitrogens with zero attached hydrogens (tertiary/aromatic N) is 3. The third-order valence-corrected chi connectivity index (χ3v) is 3.49. The molecule has 0 saturated heterocycles. The van der Waals surface area contributed by atoms with Crippen LogP contribution in [0.25, 0.3) is 0 Å². The molecule has 1 aromatic carbocycles. The van der Waals surface area contributed by atoms with E-state index in [2.05, 4.69) is 10.4 Å². The van der Waals surface area contributed by atoms with Crippen LogP contribution in [0, 0.1) is 11.3 Å². The van der Waals surface area contributed by atoms with Gasteiger partial charge >= 0.3 is 0 Å². The van der Waals surface area contributed by atoms with E-state index in [1.807, 2.05) is 12.1 Å². The molecule has 0 spiro atoms. The summed E-state index contributed by atoms with van der Waals surface area (Å²) in [5.41, 5.74) is 0.820. The first-order valence-electron chi connectivity index (χ1n) is 6.07. The van der Waals surface area contributed by atoms with E-state index >= 15 is 0 Å². The third kappa shape index (κ3) is 3.62. The molecule has 1 aliphatic heterocycles. The Labute approximate surface area is 126 Å². The maximum Gasteiger partial charge on any atom is 0.226 e. The number of anilines is 1. The second kappa shape index (κ2) is 6.60. The lowest BCUT2D eigenvalue weighted by atomic mass is 10.3. The minimum atomic E-state index is -0.193. The SMILES string of the molecule is N#CCCC(=O)NC1=NN(c2ccc(Cl)c(Cl)c2)CC1. The molecule has 0 saturated carbocycles. The average molecular weight is 311 g/mol. The van der Waals surface area contributed by atoms with Gasteiger partial charge in [0.2, 0.25) is 5.91 Å². The smallest absolute Gasteiger partial charge is 0.226 e. The first kappa shape index (κ1) is 14.6. The molecule has 0 atom stereocenters. The number of nitrogens with one attached hydrogen (secondary N) is 1. The highest BCUT2D eigenvalue weighted by Crippen LogP contribution is 2.28. The van der Waals surface area contributed by atoms with E-state index in [-0.39, 0.29) is 18.7 Å². The summed E-state index contributed by atoms with van der Waals surface area (Å²) in [4.78, 5) is 11.5. The highest BCUT2D eigenvalue weighted by atomic mass is 35.5. The Bertz CT molecular complexity index is 595. The van der Waals surface area contributed by atoms with Crippen LogP contribution in [0.2, 0.25) is 10.0 Å². The number of amides is 1. The fourth-order valence-electron chi connectivity index (χ4n) is 1.77. The Kier molecular flexibility index (Phi) is 4.83. The number of nitriles is 1. The first-order chi connectivity index (χ1) is 9.60. The van der Waals surface area contributed by atoms with E-state index < -0.39 is 0 Å². The molecule has 0 unspecified atom stereocenters. The Hall–Kier alpha value is -1.77. The Morgan fingerprint density at radius 3 is 2.95 bits per heavy atom. The molecule has 0 fully saturated rings. The molecule has 20 heavy (non-hydrogen) atoms. The molecule has 2 rings (SSSR count). The molecular formula is C13H12Cl2N4O. The van der Waals surface area contributed by atoms with Gasteiger partial charge in [-0.2, -0.15) is 10.4 Å². The zero-order valence-electron chi connectivity index (χ0n) is 10.6. The largest absolute Gasteiger partial charge is 0.313 e. The molecule has 0 radical (unpaired) electrons. The predicted molar refractivity (Wildman–Crippen MR) is 78.8 cm³/mol. The van der Waals surface area contributed by atoms with Gasteiger partial charge in [0.15, 0.2) is 0 Å². The Morgan fingerprint density at radius 2 is 2.25 bits per heavy atom. The standard InChI is InChI=1S/C13H12Cl2N4O/c14-10-4-3-9(8-11(10)15)19-7-5-12(18-19)17-13(20)2-1-6-16/h3-4,8H,1-2,5,7H2,(H,17,18,20). The van der Waals surface area contributed by atoms with Crippen LogP contribution < -0.4 is 10.3 Å². The van der Waals surface area contributed by atoms with Crippen molar-refractivity contribution in [1.82, 2.24) is 5.32 Å². The topological polar surface area (TPSA) is 68.5 Å². The molecule has 0 bridgehead atoms. The van der Waals surface area contributed by atoms with Crippen molar-refractivity contribution in [3.8, 4) is 6.07 Å². The molecule has 104 valence electrons. The number of carbonyl (C=O) groups excluding carboxylic acids is 1. The summed E-state index contributed by atoms with van der Waals surface area (Å²) in [5.74, 6) is 0.403. The van der Waals surface area contributed by atoms with Crippen LogP contribution in [-0.4, -0.2) is 18.3 Å². The summed E-state index contributed by atoms with van der Waals surface area (Å²) >= 11 is 11.8. The fourth-order valence-corrected chi connectivity index (χ4v) is 2.06. The molecule has 7 heteroatoms. The maximum atomic E-state index is 11.5. The van der Waals surface area contributed by atoms with Crippen molar-refractivity contribution >= 4 is 40.6 Å². The minimum absolute atomic E-state index is 0.183. The maximum absolute atomic E-state index is 11.5. The Balaban J connectivity index is 2.01. The summed E-state index contributed by atoms with van der Waals surface area (Å²) in [6.07, 6.45) is 1.02. The van der Waals surface area contributed by atoms with E-state index in [0.29, 0.717) is 28.8 Å². The molecule has 1 amide bonds. The van der Waals surface area contributed by atoms with Gasteiger partial charge < -0.3 is 5.32 Å². The summed E-state index contributed by atoms with van der Waals surface area (Å²) < 4.78 is 0. The zero-order valence-corrected chi connectivity index (χ0v) is 12.1. The minimum Gasteiger partial charge on any atom is -0.313 e. The van der Waals surface area contributed by atoms with E-state index in [4.69, 9.17) is 28.5 Å². The summed E-state index contributed by atoms with van der Waals surface area (Å²) in [6.45, 7) is 0.659. The van der Waals surface area contributed by atoms with Gasteiger partial charge in [-0.25, -0.2) is 0 Å². The average Bonchev–Trinajstić information content (AvgIpc) is 2.88. The van der Waals surface area contributed by atoms with Gasteiger partial charge in [-0.3, -0.25) is 9.80 Å².